The van der Waals surface area contributed by atoms with Gasteiger partial charge in [0.15, 0.2) is 5.78 Å². The van der Waals surface area contributed by atoms with E-state index >= 15 is 0 Å². The summed E-state index contributed by atoms with van der Waals surface area (Å²) in [5, 5.41) is 4.08. The minimum atomic E-state index is -3.72. The van der Waals surface area contributed by atoms with Crippen molar-refractivity contribution in [3.63, 3.8) is 0 Å². The molecule has 1 saturated heterocycles. The highest BCUT2D eigenvalue weighted by Crippen LogP contribution is 2.30. The van der Waals surface area contributed by atoms with Gasteiger partial charge in [-0.1, -0.05) is 24.3 Å². The van der Waals surface area contributed by atoms with E-state index < -0.39 is 10.0 Å². The van der Waals surface area contributed by atoms with Gasteiger partial charge in [-0.15, -0.1) is 11.3 Å². The number of fused-ring (bicyclic) bond motifs is 1. The van der Waals surface area contributed by atoms with E-state index in [0.717, 1.165) is 26.5 Å². The molecule has 2 unspecified atom stereocenters. The number of sulfonamides is 1. The molecular formula is C27H27N3O4S2. The summed E-state index contributed by atoms with van der Waals surface area (Å²) in [6, 6.07) is 22.1. The lowest BCUT2D eigenvalue weighted by atomic mass is 10.1. The van der Waals surface area contributed by atoms with E-state index in [0.29, 0.717) is 18.7 Å². The van der Waals surface area contributed by atoms with Crippen LogP contribution in [0.4, 0.5) is 5.69 Å². The highest BCUT2D eigenvalue weighted by Gasteiger charge is 2.32. The fourth-order valence-corrected chi connectivity index (χ4v) is 6.92. The summed E-state index contributed by atoms with van der Waals surface area (Å²) in [5.41, 5.74) is 3.14. The summed E-state index contributed by atoms with van der Waals surface area (Å²) in [4.78, 5) is 17.7. The first-order valence-corrected chi connectivity index (χ1v) is 14.0. The number of para-hydroxylation sites is 1. The first-order chi connectivity index (χ1) is 17.3. The molecule has 0 amide bonds. The van der Waals surface area contributed by atoms with Crippen LogP contribution in [0.3, 0.4) is 0 Å². The van der Waals surface area contributed by atoms with Gasteiger partial charge in [-0.2, -0.15) is 4.31 Å². The molecule has 2 atom stereocenters. The summed E-state index contributed by atoms with van der Waals surface area (Å²) < 4.78 is 34.6. The first kappa shape index (κ1) is 24.6. The normalized spacial score (nSPS) is 18.8. The van der Waals surface area contributed by atoms with Crippen LogP contribution in [0.15, 0.2) is 77.7 Å². The molecule has 9 heteroatoms. The zero-order valence-electron chi connectivity index (χ0n) is 20.0. The average molecular weight is 522 g/mol. The molecule has 1 aliphatic rings. The Morgan fingerprint density at radius 2 is 1.75 bits per heavy atom. The molecule has 7 nitrogen and oxygen atoms in total. The van der Waals surface area contributed by atoms with Crippen molar-refractivity contribution >= 4 is 43.0 Å². The third kappa shape index (κ3) is 5.19. The van der Waals surface area contributed by atoms with Crippen LogP contribution in [0.5, 0.6) is 0 Å². The number of nitrogens with one attached hydrogen (secondary N) is 1. The quantitative estimate of drug-likeness (QED) is 0.342. The molecule has 0 saturated carbocycles. The molecule has 3 aromatic carbocycles. The number of Topliss-reactive ketones (excluding diaryl/α,β-unsaturated/α-hetero) is 1. The van der Waals surface area contributed by atoms with Crippen LogP contribution in [0.1, 0.15) is 24.2 Å². The highest BCUT2D eigenvalue weighted by molar-refractivity contribution is 7.89. The smallest absolute Gasteiger partial charge is 0.243 e. The third-order valence-corrected chi connectivity index (χ3v) is 8.97. The van der Waals surface area contributed by atoms with E-state index in [1.165, 1.54) is 16.4 Å². The number of carbonyl (C=O) groups excluding carboxylic acids is 1. The van der Waals surface area contributed by atoms with Crippen LogP contribution >= 0.6 is 11.3 Å². The molecule has 36 heavy (non-hydrogen) atoms. The molecule has 1 N–H and O–H groups in total. The molecule has 0 aliphatic carbocycles. The number of hydrogen-bond donors (Lipinski definition) is 1. The molecule has 0 radical (unpaired) electrons. The van der Waals surface area contributed by atoms with Crippen molar-refractivity contribution < 1.29 is 17.9 Å². The van der Waals surface area contributed by atoms with E-state index in [-0.39, 0.29) is 29.4 Å². The van der Waals surface area contributed by atoms with Crippen molar-refractivity contribution in [1.82, 2.24) is 9.29 Å². The maximum atomic E-state index is 13.2. The Labute approximate surface area is 214 Å². The first-order valence-electron chi connectivity index (χ1n) is 11.8. The Hall–Kier alpha value is -3.11. The average Bonchev–Trinajstić information content (AvgIpc) is 3.31. The number of aromatic nitrogens is 1. The number of rotatable bonds is 7. The van der Waals surface area contributed by atoms with Crippen molar-refractivity contribution in [2.45, 2.75) is 31.0 Å². The Morgan fingerprint density at radius 3 is 2.47 bits per heavy atom. The Bertz CT molecular complexity index is 1460. The second-order valence-electron chi connectivity index (χ2n) is 8.95. The summed E-state index contributed by atoms with van der Waals surface area (Å²) in [7, 11) is -3.72. The number of benzene rings is 3. The van der Waals surface area contributed by atoms with E-state index in [1.54, 1.807) is 23.5 Å². The zero-order chi connectivity index (χ0) is 25.3. The Balaban J connectivity index is 1.25. The van der Waals surface area contributed by atoms with Gasteiger partial charge < -0.3 is 10.1 Å². The fraction of sp³-hybridized carbons (Fsp3) is 0.259. The fourth-order valence-electron chi connectivity index (χ4n) is 4.32. The number of thiazole rings is 1. The van der Waals surface area contributed by atoms with Crippen molar-refractivity contribution in [1.29, 1.82) is 0 Å². The lowest BCUT2D eigenvalue weighted by Gasteiger charge is -2.34. The largest absolute Gasteiger partial charge is 0.378 e. The Kier molecular flexibility index (Phi) is 6.90. The van der Waals surface area contributed by atoms with Gasteiger partial charge in [0, 0.05) is 29.9 Å². The molecular weight excluding hydrogens is 494 g/mol. The van der Waals surface area contributed by atoms with Gasteiger partial charge >= 0.3 is 0 Å². The van der Waals surface area contributed by atoms with Crippen molar-refractivity contribution in [3.8, 4) is 10.6 Å². The maximum Gasteiger partial charge on any atom is 0.243 e. The summed E-state index contributed by atoms with van der Waals surface area (Å²) in [6.45, 7) is 4.35. The predicted octanol–water partition coefficient (Wildman–Crippen LogP) is 5.06. The van der Waals surface area contributed by atoms with Crippen LogP contribution in [0.2, 0.25) is 0 Å². The predicted molar refractivity (Wildman–Crippen MR) is 143 cm³/mol. The van der Waals surface area contributed by atoms with Gasteiger partial charge in [0.25, 0.3) is 0 Å². The summed E-state index contributed by atoms with van der Waals surface area (Å²) in [6.07, 6.45) is -0.364. The SMILES string of the molecule is CC1CN(S(=O)(=O)c2cccc(C(=O)CNc3ccc(-c4nc5ccccc5s4)cc3)c2)CC(C)O1. The summed E-state index contributed by atoms with van der Waals surface area (Å²) >= 11 is 1.64. The van der Waals surface area contributed by atoms with Crippen molar-refractivity contribution in [3.05, 3.63) is 78.4 Å². The van der Waals surface area contributed by atoms with Crippen LogP contribution in [-0.4, -0.2) is 55.3 Å². The number of nitrogens with zero attached hydrogens (tertiary/aromatic N) is 2. The summed E-state index contributed by atoms with van der Waals surface area (Å²) in [5.74, 6) is -0.189. The minimum absolute atomic E-state index is 0.0512. The van der Waals surface area contributed by atoms with Crippen molar-refractivity contribution in [2.75, 3.05) is 25.0 Å². The second kappa shape index (κ2) is 10.1. The van der Waals surface area contributed by atoms with E-state index in [1.807, 2.05) is 56.3 Å². The van der Waals surface area contributed by atoms with Crippen molar-refractivity contribution in [2.24, 2.45) is 0 Å². The van der Waals surface area contributed by atoms with Crippen LogP contribution in [0, 0.1) is 0 Å². The number of hydrogen-bond acceptors (Lipinski definition) is 7. The zero-order valence-corrected chi connectivity index (χ0v) is 21.7. The standard InChI is InChI=1S/C27H27N3O4S2/c1-18-16-30(17-19(2)34-18)36(32,33)23-7-5-6-21(14-23)25(31)15-28-22-12-10-20(11-13-22)27-29-24-8-3-4-9-26(24)35-27/h3-14,18-19,28H,15-17H2,1-2H3. The molecule has 1 aliphatic heterocycles. The van der Waals surface area contributed by atoms with Gasteiger partial charge in [0.1, 0.15) is 5.01 Å². The second-order valence-corrected chi connectivity index (χ2v) is 11.9. The molecule has 2 heterocycles. The minimum Gasteiger partial charge on any atom is -0.378 e. The molecule has 0 bridgehead atoms. The van der Waals surface area contributed by atoms with Gasteiger partial charge in [-0.25, -0.2) is 13.4 Å². The number of ketones is 1. The number of carbonyl (C=O) groups is 1. The monoisotopic (exact) mass is 521 g/mol. The molecule has 5 rings (SSSR count). The van der Waals surface area contributed by atoms with Gasteiger partial charge in [-0.05, 0) is 62.4 Å². The lowest BCUT2D eigenvalue weighted by Crippen LogP contribution is -2.48. The molecule has 0 spiro atoms. The lowest BCUT2D eigenvalue weighted by molar-refractivity contribution is -0.0440. The van der Waals surface area contributed by atoms with Crippen LogP contribution in [0.25, 0.3) is 20.8 Å². The highest BCUT2D eigenvalue weighted by atomic mass is 32.2. The Morgan fingerprint density at radius 1 is 1.03 bits per heavy atom. The van der Waals surface area contributed by atoms with E-state index in [9.17, 15) is 13.2 Å². The van der Waals surface area contributed by atoms with Crippen LogP contribution < -0.4 is 5.32 Å². The molecule has 1 fully saturated rings. The van der Waals surface area contributed by atoms with E-state index in [4.69, 9.17) is 4.74 Å². The third-order valence-electron chi connectivity index (χ3n) is 6.06. The molecule has 1 aromatic heterocycles. The maximum absolute atomic E-state index is 13.2. The van der Waals surface area contributed by atoms with E-state index in [2.05, 4.69) is 16.4 Å². The topological polar surface area (TPSA) is 88.6 Å². The number of morpholine rings is 1. The number of ether oxygens (including phenoxy) is 1. The molecule has 4 aromatic rings. The van der Waals surface area contributed by atoms with Gasteiger partial charge in [0.05, 0.1) is 33.9 Å². The van der Waals surface area contributed by atoms with Gasteiger partial charge in [0.2, 0.25) is 10.0 Å². The van der Waals surface area contributed by atoms with Gasteiger partial charge in [-0.3, -0.25) is 4.79 Å². The number of anilines is 1. The van der Waals surface area contributed by atoms with Crippen LogP contribution in [-0.2, 0) is 14.8 Å². The molecule has 186 valence electrons.